The van der Waals surface area contributed by atoms with Crippen LogP contribution in [-0.4, -0.2) is 11.6 Å². The Balaban J connectivity index is 2.78. The van der Waals surface area contributed by atoms with Gasteiger partial charge in [0.15, 0.2) is 0 Å². The van der Waals surface area contributed by atoms with E-state index in [9.17, 15) is 0 Å². The van der Waals surface area contributed by atoms with Crippen LogP contribution in [0.1, 0.15) is 33.3 Å². The van der Waals surface area contributed by atoms with E-state index >= 15 is 0 Å². The van der Waals surface area contributed by atoms with Crippen LogP contribution >= 0.6 is 11.6 Å². The van der Waals surface area contributed by atoms with Crippen LogP contribution in [0.2, 0.25) is 5.02 Å². The monoisotopic (exact) mass is 237 g/mol. The maximum atomic E-state index is 5.97. The second kappa shape index (κ2) is 5.03. The lowest BCUT2D eigenvalue weighted by molar-refractivity contribution is 0.409. The van der Waals surface area contributed by atoms with Crippen LogP contribution in [-0.2, 0) is 0 Å². The number of halogens is 1. The standard InChI is InChI=1S/C14H20ClN/c1-10(11(2)16-14(3,4)5)12-7-6-8-13(15)9-12/h6-9,11,16H,1H2,2-5H3. The van der Waals surface area contributed by atoms with Crippen LogP contribution < -0.4 is 5.32 Å². The van der Waals surface area contributed by atoms with E-state index in [0.29, 0.717) is 0 Å². The third-order valence-corrected chi connectivity index (χ3v) is 2.60. The highest BCUT2D eigenvalue weighted by Gasteiger charge is 2.16. The van der Waals surface area contributed by atoms with Gasteiger partial charge < -0.3 is 5.32 Å². The largest absolute Gasteiger partial charge is 0.306 e. The molecule has 0 amide bonds. The quantitative estimate of drug-likeness (QED) is 0.834. The second-order valence-corrected chi connectivity index (χ2v) is 5.59. The van der Waals surface area contributed by atoms with Gasteiger partial charge in [0, 0.05) is 16.6 Å². The zero-order valence-corrected chi connectivity index (χ0v) is 11.2. The third-order valence-electron chi connectivity index (χ3n) is 2.37. The van der Waals surface area contributed by atoms with Crippen LogP contribution in [0.4, 0.5) is 0 Å². The SMILES string of the molecule is C=C(c1cccc(Cl)c1)C(C)NC(C)(C)C. The first-order valence-corrected chi connectivity index (χ1v) is 5.90. The molecule has 0 saturated heterocycles. The molecule has 1 atom stereocenters. The molecule has 0 fully saturated rings. The van der Waals surface area contributed by atoms with E-state index in [0.717, 1.165) is 16.2 Å². The van der Waals surface area contributed by atoms with Gasteiger partial charge in [-0.2, -0.15) is 0 Å². The second-order valence-electron chi connectivity index (χ2n) is 5.15. The molecular formula is C14H20ClN. The van der Waals surface area contributed by atoms with Crippen LogP contribution in [0.5, 0.6) is 0 Å². The average Bonchev–Trinajstić information content (AvgIpc) is 2.14. The highest BCUT2D eigenvalue weighted by molar-refractivity contribution is 6.30. The normalized spacial score (nSPS) is 13.6. The molecule has 1 aromatic carbocycles. The number of nitrogens with one attached hydrogen (secondary N) is 1. The summed E-state index contributed by atoms with van der Waals surface area (Å²) in [5.41, 5.74) is 2.25. The van der Waals surface area contributed by atoms with Crippen molar-refractivity contribution in [2.24, 2.45) is 0 Å². The topological polar surface area (TPSA) is 12.0 Å². The fourth-order valence-corrected chi connectivity index (χ4v) is 1.87. The average molecular weight is 238 g/mol. The van der Waals surface area contributed by atoms with Crippen molar-refractivity contribution in [1.82, 2.24) is 5.32 Å². The van der Waals surface area contributed by atoms with Crippen molar-refractivity contribution < 1.29 is 0 Å². The van der Waals surface area contributed by atoms with Crippen molar-refractivity contribution in [1.29, 1.82) is 0 Å². The van der Waals surface area contributed by atoms with Gasteiger partial charge in [0.1, 0.15) is 0 Å². The first kappa shape index (κ1) is 13.3. The Labute approximate surface area is 104 Å². The van der Waals surface area contributed by atoms with Crippen LogP contribution in [0, 0.1) is 0 Å². The van der Waals surface area contributed by atoms with Gasteiger partial charge in [-0.3, -0.25) is 0 Å². The fourth-order valence-electron chi connectivity index (χ4n) is 1.67. The molecule has 1 unspecified atom stereocenters. The molecule has 0 aliphatic carbocycles. The van der Waals surface area contributed by atoms with Crippen molar-refractivity contribution in [2.75, 3.05) is 0 Å². The number of hydrogen-bond donors (Lipinski definition) is 1. The van der Waals surface area contributed by atoms with E-state index < -0.39 is 0 Å². The Morgan fingerprint density at radius 1 is 1.38 bits per heavy atom. The minimum Gasteiger partial charge on any atom is -0.306 e. The summed E-state index contributed by atoms with van der Waals surface area (Å²) in [5, 5.41) is 4.25. The van der Waals surface area contributed by atoms with Gasteiger partial charge in [-0.05, 0) is 51.0 Å². The maximum absolute atomic E-state index is 5.97. The van der Waals surface area contributed by atoms with E-state index in [1.807, 2.05) is 24.3 Å². The molecule has 1 nitrogen and oxygen atoms in total. The molecular weight excluding hydrogens is 218 g/mol. The molecule has 1 rings (SSSR count). The summed E-state index contributed by atoms with van der Waals surface area (Å²) >= 11 is 5.97. The van der Waals surface area contributed by atoms with Crippen LogP contribution in [0.3, 0.4) is 0 Å². The summed E-state index contributed by atoms with van der Waals surface area (Å²) in [5.74, 6) is 0. The zero-order chi connectivity index (χ0) is 12.3. The number of rotatable bonds is 3. The molecule has 0 heterocycles. The summed E-state index contributed by atoms with van der Waals surface area (Å²) in [6.07, 6.45) is 0. The Bertz CT molecular complexity index is 377. The lowest BCUT2D eigenvalue weighted by Gasteiger charge is -2.27. The smallest absolute Gasteiger partial charge is 0.0412 e. The van der Waals surface area contributed by atoms with Gasteiger partial charge in [-0.15, -0.1) is 0 Å². The Morgan fingerprint density at radius 2 is 2.00 bits per heavy atom. The highest BCUT2D eigenvalue weighted by Crippen LogP contribution is 2.21. The Hall–Kier alpha value is -0.790. The molecule has 1 aromatic rings. The summed E-state index contributed by atoms with van der Waals surface area (Å²) in [6.45, 7) is 12.7. The van der Waals surface area contributed by atoms with E-state index in [1.54, 1.807) is 0 Å². The molecule has 88 valence electrons. The van der Waals surface area contributed by atoms with E-state index in [-0.39, 0.29) is 11.6 Å². The van der Waals surface area contributed by atoms with E-state index in [2.05, 4.69) is 39.6 Å². The van der Waals surface area contributed by atoms with Crippen LogP contribution in [0.15, 0.2) is 30.8 Å². The van der Waals surface area contributed by atoms with Crippen molar-refractivity contribution in [3.63, 3.8) is 0 Å². The van der Waals surface area contributed by atoms with E-state index in [4.69, 9.17) is 11.6 Å². The fraction of sp³-hybridized carbons (Fsp3) is 0.429. The van der Waals surface area contributed by atoms with Gasteiger partial charge in [0.2, 0.25) is 0 Å². The van der Waals surface area contributed by atoms with Gasteiger partial charge >= 0.3 is 0 Å². The molecule has 16 heavy (non-hydrogen) atoms. The molecule has 0 saturated carbocycles. The van der Waals surface area contributed by atoms with Crippen molar-refractivity contribution in [3.8, 4) is 0 Å². The minimum atomic E-state index is 0.0843. The summed E-state index contributed by atoms with van der Waals surface area (Å²) in [6, 6.07) is 8.05. The van der Waals surface area contributed by atoms with Crippen molar-refractivity contribution in [3.05, 3.63) is 41.4 Å². The molecule has 0 spiro atoms. The first-order valence-electron chi connectivity index (χ1n) is 5.52. The van der Waals surface area contributed by atoms with E-state index in [1.165, 1.54) is 0 Å². The van der Waals surface area contributed by atoms with Gasteiger partial charge in [-0.1, -0.05) is 30.3 Å². The van der Waals surface area contributed by atoms with Crippen molar-refractivity contribution >= 4 is 17.2 Å². The predicted molar refractivity (Wildman–Crippen MR) is 72.8 cm³/mol. The lowest BCUT2D eigenvalue weighted by atomic mass is 9.98. The highest BCUT2D eigenvalue weighted by atomic mass is 35.5. The third kappa shape index (κ3) is 3.99. The van der Waals surface area contributed by atoms with Gasteiger partial charge in [0.05, 0.1) is 0 Å². The Kier molecular flexibility index (Phi) is 4.17. The molecule has 0 radical (unpaired) electrons. The van der Waals surface area contributed by atoms with Gasteiger partial charge in [-0.25, -0.2) is 0 Å². The van der Waals surface area contributed by atoms with Crippen LogP contribution in [0.25, 0.3) is 5.57 Å². The molecule has 0 aromatic heterocycles. The molecule has 2 heteroatoms. The van der Waals surface area contributed by atoms with Gasteiger partial charge in [0.25, 0.3) is 0 Å². The summed E-state index contributed by atoms with van der Waals surface area (Å²) < 4.78 is 0. The molecule has 0 aliphatic rings. The molecule has 1 N–H and O–H groups in total. The summed E-state index contributed by atoms with van der Waals surface area (Å²) in [4.78, 5) is 0. The minimum absolute atomic E-state index is 0.0843. The predicted octanol–water partition coefficient (Wildman–Crippen LogP) is 4.13. The summed E-state index contributed by atoms with van der Waals surface area (Å²) in [7, 11) is 0. The number of hydrogen-bond acceptors (Lipinski definition) is 1. The number of benzene rings is 1. The Morgan fingerprint density at radius 3 is 2.50 bits per heavy atom. The first-order chi connectivity index (χ1) is 7.29. The van der Waals surface area contributed by atoms with Crippen molar-refractivity contribution in [2.45, 2.75) is 39.3 Å². The maximum Gasteiger partial charge on any atom is 0.0412 e. The lowest BCUT2D eigenvalue weighted by Crippen LogP contribution is -2.42. The molecule has 0 bridgehead atoms. The molecule has 0 aliphatic heterocycles. The zero-order valence-electron chi connectivity index (χ0n) is 10.5.